The molecule has 3 aromatic heterocycles. The van der Waals surface area contributed by atoms with Crippen molar-refractivity contribution in [1.29, 1.82) is 0 Å². The summed E-state index contributed by atoms with van der Waals surface area (Å²) in [6, 6.07) is -0.390. The molecular formula is C23H30N8O2. The minimum atomic E-state index is -0.390. The van der Waals surface area contributed by atoms with Crippen LogP contribution in [-0.2, 0) is 16.1 Å². The van der Waals surface area contributed by atoms with E-state index in [1.54, 1.807) is 12.4 Å². The summed E-state index contributed by atoms with van der Waals surface area (Å²) in [7, 11) is 0. The zero-order chi connectivity index (χ0) is 22.9. The van der Waals surface area contributed by atoms with Gasteiger partial charge in [-0.25, -0.2) is 24.9 Å². The van der Waals surface area contributed by atoms with Gasteiger partial charge in [-0.1, -0.05) is 6.92 Å². The summed E-state index contributed by atoms with van der Waals surface area (Å²) < 4.78 is 7.91. The molecule has 2 aliphatic rings. The Hall–Kier alpha value is -3.14. The van der Waals surface area contributed by atoms with Crippen LogP contribution in [0.2, 0.25) is 0 Å². The van der Waals surface area contributed by atoms with Crippen LogP contribution in [0.15, 0.2) is 18.7 Å². The van der Waals surface area contributed by atoms with Crippen LogP contribution in [0.3, 0.4) is 0 Å². The van der Waals surface area contributed by atoms with Gasteiger partial charge in [-0.2, -0.15) is 0 Å². The zero-order valence-corrected chi connectivity index (χ0v) is 19.4. The van der Waals surface area contributed by atoms with Crippen LogP contribution in [0.25, 0.3) is 22.6 Å². The Balaban J connectivity index is 1.42. The number of hydrogen-bond acceptors (Lipinski definition) is 8. The molecule has 1 amide bonds. The number of carbonyl (C=O) groups is 1. The van der Waals surface area contributed by atoms with E-state index in [9.17, 15) is 4.79 Å². The topological polar surface area (TPSA) is 111 Å². The standard InChI is InChI=1S/C23H30N8O2/c1-4-17(23(32)30-8-9-33-18(12-30)15-6-7-15)28-20-19-22(27-13-26-20)31(5-2)21(29-19)16-10-24-14(3)25-11-16/h10-11,13,15,17-18H,4-9,12H2,1-3H3,(H,26,27,28)/t17-,18+/m0/s1. The van der Waals surface area contributed by atoms with Gasteiger partial charge in [-0.05, 0) is 39.0 Å². The van der Waals surface area contributed by atoms with E-state index in [1.807, 2.05) is 30.2 Å². The van der Waals surface area contributed by atoms with Crippen molar-refractivity contribution in [3.63, 3.8) is 0 Å². The number of anilines is 1. The summed E-state index contributed by atoms with van der Waals surface area (Å²) in [6.07, 6.45) is 8.27. The number of rotatable bonds is 7. The summed E-state index contributed by atoms with van der Waals surface area (Å²) >= 11 is 0. The summed E-state index contributed by atoms with van der Waals surface area (Å²) in [5.74, 6) is 2.69. The molecule has 0 spiro atoms. The number of imidazole rings is 1. The summed E-state index contributed by atoms with van der Waals surface area (Å²) in [4.78, 5) is 37.7. The van der Waals surface area contributed by atoms with E-state index in [2.05, 4.69) is 25.3 Å². The molecule has 2 fully saturated rings. The number of ether oxygens (including phenoxy) is 1. The second kappa shape index (κ2) is 9.01. The molecule has 1 aliphatic carbocycles. The normalized spacial score (nSPS) is 19.6. The molecule has 3 aromatic rings. The van der Waals surface area contributed by atoms with E-state index in [1.165, 1.54) is 19.2 Å². The fraction of sp³-hybridized carbons (Fsp3) is 0.565. The molecule has 10 nitrogen and oxygen atoms in total. The third-order valence-corrected chi connectivity index (χ3v) is 6.46. The second-order valence-electron chi connectivity index (χ2n) is 8.73. The lowest BCUT2D eigenvalue weighted by Crippen LogP contribution is -2.51. The number of nitrogens with zero attached hydrogens (tertiary/aromatic N) is 7. The lowest BCUT2D eigenvalue weighted by molar-refractivity contribution is -0.140. The van der Waals surface area contributed by atoms with Crippen LogP contribution in [0.1, 0.15) is 38.9 Å². The molecule has 10 heteroatoms. The van der Waals surface area contributed by atoms with Crippen LogP contribution in [0, 0.1) is 12.8 Å². The van der Waals surface area contributed by atoms with E-state index in [0.717, 1.165) is 11.4 Å². The van der Waals surface area contributed by atoms with Crippen molar-refractivity contribution in [2.24, 2.45) is 5.92 Å². The van der Waals surface area contributed by atoms with E-state index < -0.39 is 0 Å². The first-order chi connectivity index (χ1) is 16.1. The maximum atomic E-state index is 13.4. The van der Waals surface area contributed by atoms with Gasteiger partial charge in [0.2, 0.25) is 5.91 Å². The minimum Gasteiger partial charge on any atom is -0.374 e. The van der Waals surface area contributed by atoms with Crippen molar-refractivity contribution in [1.82, 2.24) is 34.4 Å². The van der Waals surface area contributed by atoms with Gasteiger partial charge >= 0.3 is 0 Å². The molecule has 1 saturated carbocycles. The Kier molecular flexibility index (Phi) is 5.92. The summed E-state index contributed by atoms with van der Waals surface area (Å²) in [6.45, 7) is 8.48. The van der Waals surface area contributed by atoms with Crippen molar-refractivity contribution < 1.29 is 9.53 Å². The van der Waals surface area contributed by atoms with Gasteiger partial charge in [0.15, 0.2) is 17.0 Å². The molecule has 4 heterocycles. The number of aryl methyl sites for hydroxylation is 2. The molecular weight excluding hydrogens is 420 g/mol. The highest BCUT2D eigenvalue weighted by Crippen LogP contribution is 2.36. The third kappa shape index (κ3) is 4.27. The van der Waals surface area contributed by atoms with Crippen LogP contribution in [0.5, 0.6) is 0 Å². The highest BCUT2D eigenvalue weighted by molar-refractivity contribution is 5.90. The van der Waals surface area contributed by atoms with Crippen molar-refractivity contribution in [3.05, 3.63) is 24.5 Å². The van der Waals surface area contributed by atoms with E-state index in [4.69, 9.17) is 9.72 Å². The number of fused-ring (bicyclic) bond motifs is 1. The van der Waals surface area contributed by atoms with Crippen molar-refractivity contribution in [2.75, 3.05) is 25.0 Å². The Morgan fingerprint density at radius 1 is 1.21 bits per heavy atom. The smallest absolute Gasteiger partial charge is 0.245 e. The number of hydrogen-bond donors (Lipinski definition) is 1. The molecule has 174 valence electrons. The fourth-order valence-corrected chi connectivity index (χ4v) is 4.42. The molecule has 0 aromatic carbocycles. The summed E-state index contributed by atoms with van der Waals surface area (Å²) in [5.41, 5.74) is 2.17. The monoisotopic (exact) mass is 450 g/mol. The van der Waals surface area contributed by atoms with Gasteiger partial charge in [0.1, 0.15) is 24.0 Å². The SMILES string of the molecule is CC[C@H](Nc1ncnc2c1nc(-c1cnc(C)nc1)n2CC)C(=O)N1CCO[C@@H](C2CC2)C1. The lowest BCUT2D eigenvalue weighted by Gasteiger charge is -2.35. The van der Waals surface area contributed by atoms with Crippen molar-refractivity contribution in [2.45, 2.75) is 58.7 Å². The third-order valence-electron chi connectivity index (χ3n) is 6.46. The van der Waals surface area contributed by atoms with Gasteiger partial charge in [-0.3, -0.25) is 4.79 Å². The highest BCUT2D eigenvalue weighted by Gasteiger charge is 2.37. The number of carbonyl (C=O) groups excluding carboxylic acids is 1. The largest absolute Gasteiger partial charge is 0.374 e. The van der Waals surface area contributed by atoms with Crippen LogP contribution >= 0.6 is 0 Å². The molecule has 1 N–H and O–H groups in total. The zero-order valence-electron chi connectivity index (χ0n) is 19.4. The maximum absolute atomic E-state index is 13.4. The number of morpholine rings is 1. The summed E-state index contributed by atoms with van der Waals surface area (Å²) in [5, 5.41) is 3.36. The Morgan fingerprint density at radius 3 is 2.70 bits per heavy atom. The predicted octanol–water partition coefficient (Wildman–Crippen LogP) is 2.44. The molecule has 1 saturated heterocycles. The molecule has 1 aliphatic heterocycles. The Labute approximate surface area is 192 Å². The molecule has 0 radical (unpaired) electrons. The van der Waals surface area contributed by atoms with Crippen LogP contribution in [0.4, 0.5) is 5.82 Å². The van der Waals surface area contributed by atoms with Crippen LogP contribution in [-0.4, -0.2) is 72.1 Å². The van der Waals surface area contributed by atoms with Gasteiger partial charge < -0.3 is 19.5 Å². The van der Waals surface area contributed by atoms with Crippen LogP contribution < -0.4 is 5.32 Å². The maximum Gasteiger partial charge on any atom is 0.245 e. The van der Waals surface area contributed by atoms with Crippen molar-refractivity contribution in [3.8, 4) is 11.4 Å². The fourth-order valence-electron chi connectivity index (χ4n) is 4.42. The molecule has 2 atom stereocenters. The van der Waals surface area contributed by atoms with E-state index in [-0.39, 0.29) is 18.1 Å². The first-order valence-electron chi connectivity index (χ1n) is 11.8. The number of amides is 1. The van der Waals surface area contributed by atoms with Gasteiger partial charge in [0.05, 0.1) is 18.3 Å². The average molecular weight is 451 g/mol. The molecule has 33 heavy (non-hydrogen) atoms. The predicted molar refractivity (Wildman–Crippen MR) is 124 cm³/mol. The van der Waals surface area contributed by atoms with Gasteiger partial charge in [0, 0.05) is 32.0 Å². The first-order valence-corrected chi connectivity index (χ1v) is 11.8. The first kappa shape index (κ1) is 21.7. The Morgan fingerprint density at radius 2 is 2.00 bits per heavy atom. The minimum absolute atomic E-state index is 0.0836. The quantitative estimate of drug-likeness (QED) is 0.584. The number of nitrogens with one attached hydrogen (secondary N) is 1. The average Bonchev–Trinajstić information content (AvgIpc) is 3.63. The second-order valence-corrected chi connectivity index (χ2v) is 8.73. The highest BCUT2D eigenvalue weighted by atomic mass is 16.5. The lowest BCUT2D eigenvalue weighted by atomic mass is 10.1. The van der Waals surface area contributed by atoms with Gasteiger partial charge in [-0.15, -0.1) is 0 Å². The van der Waals surface area contributed by atoms with E-state index in [0.29, 0.717) is 61.4 Å². The van der Waals surface area contributed by atoms with E-state index >= 15 is 0 Å². The molecule has 0 bridgehead atoms. The molecule has 0 unspecified atom stereocenters. The number of aromatic nitrogens is 6. The molecule has 5 rings (SSSR count). The van der Waals surface area contributed by atoms with Crippen molar-refractivity contribution >= 4 is 22.9 Å². The Bertz CT molecular complexity index is 1140. The van der Waals surface area contributed by atoms with Gasteiger partial charge in [0.25, 0.3) is 0 Å².